The molecule has 0 bridgehead atoms. The van der Waals surface area contributed by atoms with Gasteiger partial charge in [-0.05, 0) is 29.8 Å². The summed E-state index contributed by atoms with van der Waals surface area (Å²) in [6.07, 6.45) is 2.88. The van der Waals surface area contributed by atoms with E-state index in [1.165, 1.54) is 17.3 Å². The van der Waals surface area contributed by atoms with Crippen molar-refractivity contribution in [1.29, 1.82) is 0 Å². The van der Waals surface area contributed by atoms with Crippen molar-refractivity contribution in [2.24, 2.45) is 4.40 Å². The van der Waals surface area contributed by atoms with Crippen LogP contribution in [0, 0.1) is 0 Å². The van der Waals surface area contributed by atoms with Crippen molar-refractivity contribution < 1.29 is 17.9 Å². The molecule has 2 aromatic carbocycles. The van der Waals surface area contributed by atoms with Gasteiger partial charge in [-0.1, -0.05) is 49.4 Å². The highest BCUT2D eigenvalue weighted by Crippen LogP contribution is 2.29. The zero-order chi connectivity index (χ0) is 26.5. The molecule has 0 saturated heterocycles. The Morgan fingerprint density at radius 2 is 1.97 bits per heavy atom. The fourth-order valence-corrected chi connectivity index (χ4v) is 5.36. The lowest BCUT2D eigenvalue weighted by Crippen LogP contribution is -2.22. The van der Waals surface area contributed by atoms with Gasteiger partial charge in [0.2, 0.25) is 5.91 Å². The van der Waals surface area contributed by atoms with Crippen molar-refractivity contribution in [3.8, 4) is 0 Å². The molecule has 0 aliphatic rings. The van der Waals surface area contributed by atoms with Crippen LogP contribution < -0.4 is 5.32 Å². The molecule has 1 N–H and O–H groups in total. The van der Waals surface area contributed by atoms with Crippen LogP contribution in [0.25, 0.3) is 10.9 Å². The molecule has 36 heavy (non-hydrogen) atoms. The topological polar surface area (TPSA) is 106 Å². The van der Waals surface area contributed by atoms with Crippen molar-refractivity contribution in [3.05, 3.63) is 53.2 Å². The number of aromatic nitrogens is 2. The SMILES string of the molecule is CN(C)/C=N/S(=O)(=O)c1cc(NC(=O)Cc2ccccc2Cl)cc2nn(COCC[Si](C)(C)C)cc12. The first-order valence-electron chi connectivity index (χ1n) is 11.4. The number of hydrogen-bond donors (Lipinski definition) is 1. The van der Waals surface area contributed by atoms with Gasteiger partial charge in [0.25, 0.3) is 10.0 Å². The van der Waals surface area contributed by atoms with E-state index in [2.05, 4.69) is 34.5 Å². The van der Waals surface area contributed by atoms with E-state index in [0.717, 1.165) is 6.04 Å². The van der Waals surface area contributed by atoms with Crippen LogP contribution in [0.2, 0.25) is 30.7 Å². The van der Waals surface area contributed by atoms with Crippen LogP contribution in [0.15, 0.2) is 51.9 Å². The molecule has 0 saturated carbocycles. The molecule has 1 amide bonds. The quantitative estimate of drug-likeness (QED) is 0.164. The molecule has 0 fully saturated rings. The number of ether oxygens (including phenoxy) is 1. The smallest absolute Gasteiger partial charge is 0.284 e. The summed E-state index contributed by atoms with van der Waals surface area (Å²) in [5.74, 6) is -0.336. The lowest BCUT2D eigenvalue weighted by atomic mass is 10.1. The van der Waals surface area contributed by atoms with Crippen molar-refractivity contribution in [3.63, 3.8) is 0 Å². The number of hydrogen-bond acceptors (Lipinski definition) is 5. The summed E-state index contributed by atoms with van der Waals surface area (Å²) in [5, 5.41) is 8.13. The second kappa shape index (κ2) is 11.5. The van der Waals surface area contributed by atoms with Gasteiger partial charge >= 0.3 is 0 Å². The van der Waals surface area contributed by atoms with Crippen LogP contribution >= 0.6 is 11.6 Å². The second-order valence-corrected chi connectivity index (χ2v) is 17.5. The molecule has 9 nitrogen and oxygen atoms in total. The molecule has 0 unspecified atom stereocenters. The van der Waals surface area contributed by atoms with Gasteiger partial charge in [0.15, 0.2) is 0 Å². The van der Waals surface area contributed by atoms with Crippen molar-refractivity contribution in [2.45, 2.75) is 43.7 Å². The average Bonchev–Trinajstić information content (AvgIpc) is 3.18. The first-order valence-corrected chi connectivity index (χ1v) is 17.0. The molecule has 0 aliphatic heterocycles. The van der Waals surface area contributed by atoms with Gasteiger partial charge in [0.05, 0.1) is 11.9 Å². The van der Waals surface area contributed by atoms with Gasteiger partial charge in [0.1, 0.15) is 18.0 Å². The van der Waals surface area contributed by atoms with Gasteiger partial charge in [-0.3, -0.25) is 4.79 Å². The Hall–Kier alpha value is -2.73. The zero-order valence-electron chi connectivity index (χ0n) is 21.2. The van der Waals surface area contributed by atoms with Crippen LogP contribution in [0.1, 0.15) is 5.56 Å². The summed E-state index contributed by atoms with van der Waals surface area (Å²) in [6.45, 7) is 7.60. The molecular weight excluding hydrogens is 518 g/mol. The normalized spacial score (nSPS) is 12.4. The van der Waals surface area contributed by atoms with Crippen molar-refractivity contribution in [2.75, 3.05) is 26.0 Å². The van der Waals surface area contributed by atoms with Gasteiger partial charge in [-0.25, -0.2) is 4.68 Å². The van der Waals surface area contributed by atoms with E-state index in [9.17, 15) is 13.2 Å². The predicted molar refractivity (Wildman–Crippen MR) is 147 cm³/mol. The standard InChI is InChI=1S/C24H32ClN5O4SSi/c1-29(2)16-26-35(32,33)23-14-19(27-24(31)12-18-8-6-7-9-21(18)25)13-22-20(23)15-30(28-22)17-34-10-11-36(3,4)5/h6-9,13-16H,10-12,17H2,1-5H3,(H,27,31)/b26-16+. The maximum atomic E-state index is 13.1. The number of rotatable bonds is 11. The Labute approximate surface area is 218 Å². The summed E-state index contributed by atoms with van der Waals surface area (Å²) in [4.78, 5) is 14.2. The molecule has 0 radical (unpaired) electrons. The van der Waals surface area contributed by atoms with Crippen LogP contribution in [0.5, 0.6) is 0 Å². The van der Waals surface area contributed by atoms with E-state index < -0.39 is 18.1 Å². The minimum atomic E-state index is -4.07. The van der Waals surface area contributed by atoms with Gasteiger partial charge in [-0.2, -0.15) is 13.5 Å². The number of carbonyl (C=O) groups is 1. The van der Waals surface area contributed by atoms with Gasteiger partial charge < -0.3 is 15.0 Å². The summed E-state index contributed by atoms with van der Waals surface area (Å²) in [5.41, 5.74) is 1.36. The number of nitrogens with zero attached hydrogens (tertiary/aromatic N) is 4. The fourth-order valence-electron chi connectivity index (χ4n) is 3.26. The van der Waals surface area contributed by atoms with E-state index in [0.29, 0.717) is 33.8 Å². The Morgan fingerprint density at radius 3 is 2.64 bits per heavy atom. The lowest BCUT2D eigenvalue weighted by molar-refractivity contribution is -0.115. The van der Waals surface area contributed by atoms with E-state index in [1.807, 2.05) is 0 Å². The number of sulfonamides is 1. The molecule has 0 spiro atoms. The van der Waals surface area contributed by atoms with Crippen LogP contribution in [0.3, 0.4) is 0 Å². The highest BCUT2D eigenvalue weighted by atomic mass is 35.5. The third-order valence-electron chi connectivity index (χ3n) is 5.14. The Morgan fingerprint density at radius 1 is 1.25 bits per heavy atom. The minimum Gasteiger partial charge on any atom is -0.368 e. The molecule has 3 aromatic rings. The average molecular weight is 550 g/mol. The Kier molecular flexibility index (Phi) is 8.93. The number of halogens is 1. The highest BCUT2D eigenvalue weighted by molar-refractivity contribution is 7.90. The summed E-state index contributed by atoms with van der Waals surface area (Å²) < 4.78 is 37.3. The van der Waals surface area contributed by atoms with Crippen molar-refractivity contribution >= 4 is 58.5 Å². The number of amides is 1. The van der Waals surface area contributed by atoms with Gasteiger partial charge in [-0.15, -0.1) is 4.40 Å². The number of benzene rings is 2. The molecule has 0 aliphatic carbocycles. The Balaban J connectivity index is 1.92. The molecule has 0 atom stereocenters. The number of fused-ring (bicyclic) bond motifs is 1. The lowest BCUT2D eigenvalue weighted by Gasteiger charge is -2.15. The maximum Gasteiger partial charge on any atom is 0.284 e. The molecular formula is C24H32ClN5O4SSi. The van der Waals surface area contributed by atoms with Crippen LogP contribution in [-0.4, -0.2) is 64.1 Å². The maximum absolute atomic E-state index is 13.1. The third-order valence-corrected chi connectivity index (χ3v) is 8.48. The van der Waals surface area contributed by atoms with E-state index >= 15 is 0 Å². The Bertz CT molecular complexity index is 1370. The highest BCUT2D eigenvalue weighted by Gasteiger charge is 2.21. The summed E-state index contributed by atoms with van der Waals surface area (Å²) in [7, 11) is -1.95. The largest absolute Gasteiger partial charge is 0.368 e. The number of nitrogens with one attached hydrogen (secondary N) is 1. The van der Waals surface area contributed by atoms with Crippen LogP contribution in [0.4, 0.5) is 5.69 Å². The molecule has 12 heteroatoms. The molecule has 1 heterocycles. The van der Waals surface area contributed by atoms with E-state index in [-0.39, 0.29) is 24.0 Å². The molecule has 3 rings (SSSR count). The van der Waals surface area contributed by atoms with E-state index in [4.69, 9.17) is 16.3 Å². The monoisotopic (exact) mass is 549 g/mol. The van der Waals surface area contributed by atoms with Crippen molar-refractivity contribution in [1.82, 2.24) is 14.7 Å². The zero-order valence-corrected chi connectivity index (χ0v) is 23.7. The first kappa shape index (κ1) is 27.8. The van der Waals surface area contributed by atoms with Crippen LogP contribution in [-0.2, 0) is 32.7 Å². The number of carbonyl (C=O) groups excluding carboxylic acids is 1. The first-order chi connectivity index (χ1) is 16.8. The third kappa shape index (κ3) is 7.89. The predicted octanol–water partition coefficient (Wildman–Crippen LogP) is 4.46. The molecule has 194 valence electrons. The van der Waals surface area contributed by atoms with E-state index in [1.54, 1.807) is 55.3 Å². The number of anilines is 1. The summed E-state index contributed by atoms with van der Waals surface area (Å²) >= 11 is 6.17. The fraction of sp³-hybridized carbons (Fsp3) is 0.375. The molecule has 1 aromatic heterocycles. The van der Waals surface area contributed by atoms with Gasteiger partial charge in [0, 0.05) is 51.1 Å². The summed E-state index contributed by atoms with van der Waals surface area (Å²) in [6, 6.07) is 11.1. The minimum absolute atomic E-state index is 0.0396. The second-order valence-electron chi connectivity index (χ2n) is 9.90.